The SMILES string of the molecule is CC1CCCCC1CN1CCC(c2ncn[nH]2)CC1. The maximum atomic E-state index is 4.31. The van der Waals surface area contributed by atoms with E-state index in [0.29, 0.717) is 5.92 Å². The van der Waals surface area contributed by atoms with Gasteiger partial charge in [0.05, 0.1) is 0 Å². The first-order valence-corrected chi connectivity index (χ1v) is 7.90. The van der Waals surface area contributed by atoms with Crippen molar-refractivity contribution < 1.29 is 0 Å². The number of hydrogen-bond donors (Lipinski definition) is 1. The summed E-state index contributed by atoms with van der Waals surface area (Å²) in [5, 5.41) is 7.00. The summed E-state index contributed by atoms with van der Waals surface area (Å²) in [6.07, 6.45) is 9.88. The van der Waals surface area contributed by atoms with Crippen LogP contribution in [0.5, 0.6) is 0 Å². The van der Waals surface area contributed by atoms with Crippen LogP contribution >= 0.6 is 0 Å². The number of hydrogen-bond acceptors (Lipinski definition) is 3. The fourth-order valence-corrected chi connectivity index (χ4v) is 3.80. The normalized spacial score (nSPS) is 30.6. The second-order valence-electron chi connectivity index (χ2n) is 6.47. The summed E-state index contributed by atoms with van der Waals surface area (Å²) in [4.78, 5) is 6.99. The van der Waals surface area contributed by atoms with Crippen LogP contribution in [0.15, 0.2) is 6.33 Å². The van der Waals surface area contributed by atoms with Gasteiger partial charge in [-0.3, -0.25) is 5.10 Å². The number of H-pyrrole nitrogens is 1. The number of rotatable bonds is 3. The number of aromatic nitrogens is 3. The van der Waals surface area contributed by atoms with Gasteiger partial charge in [-0.2, -0.15) is 5.10 Å². The second kappa shape index (κ2) is 6.04. The summed E-state index contributed by atoms with van der Waals surface area (Å²) in [6.45, 7) is 6.23. The Bertz CT molecular complexity index is 368. The molecule has 1 N–H and O–H groups in total. The van der Waals surface area contributed by atoms with Gasteiger partial charge in [-0.1, -0.05) is 26.2 Å². The lowest BCUT2D eigenvalue weighted by Gasteiger charge is -2.37. The number of nitrogens with zero attached hydrogens (tertiary/aromatic N) is 3. The molecule has 1 saturated carbocycles. The van der Waals surface area contributed by atoms with Crippen molar-refractivity contribution in [3.8, 4) is 0 Å². The van der Waals surface area contributed by atoms with Gasteiger partial charge in [0.2, 0.25) is 0 Å². The predicted octanol–water partition coefficient (Wildman–Crippen LogP) is 2.81. The van der Waals surface area contributed by atoms with Crippen LogP contribution in [0.3, 0.4) is 0 Å². The number of likely N-dealkylation sites (tertiary alicyclic amines) is 1. The highest BCUT2D eigenvalue weighted by Crippen LogP contribution is 2.32. The summed E-state index contributed by atoms with van der Waals surface area (Å²) < 4.78 is 0. The van der Waals surface area contributed by atoms with E-state index in [-0.39, 0.29) is 0 Å². The molecule has 2 aliphatic rings. The van der Waals surface area contributed by atoms with Crippen molar-refractivity contribution >= 4 is 0 Å². The third kappa shape index (κ3) is 3.16. The Hall–Kier alpha value is -0.900. The number of piperidine rings is 1. The second-order valence-corrected chi connectivity index (χ2v) is 6.47. The van der Waals surface area contributed by atoms with Gasteiger partial charge >= 0.3 is 0 Å². The molecule has 2 unspecified atom stereocenters. The van der Waals surface area contributed by atoms with Crippen molar-refractivity contribution in [3.05, 3.63) is 12.2 Å². The third-order valence-corrected chi connectivity index (χ3v) is 5.19. The lowest BCUT2D eigenvalue weighted by atomic mass is 9.80. The zero-order valence-electron chi connectivity index (χ0n) is 12.0. The van der Waals surface area contributed by atoms with Gasteiger partial charge in [0.1, 0.15) is 12.2 Å². The molecule has 4 nitrogen and oxygen atoms in total. The maximum Gasteiger partial charge on any atom is 0.137 e. The molecule has 1 aromatic rings. The van der Waals surface area contributed by atoms with Gasteiger partial charge in [0.25, 0.3) is 0 Å². The van der Waals surface area contributed by atoms with Gasteiger partial charge in [-0.15, -0.1) is 0 Å². The Labute approximate surface area is 116 Å². The lowest BCUT2D eigenvalue weighted by Crippen LogP contribution is -2.39. The Morgan fingerprint density at radius 3 is 2.68 bits per heavy atom. The van der Waals surface area contributed by atoms with Crippen molar-refractivity contribution in [1.29, 1.82) is 0 Å². The molecule has 1 aliphatic carbocycles. The molecule has 2 heterocycles. The van der Waals surface area contributed by atoms with Crippen molar-refractivity contribution in [1.82, 2.24) is 20.1 Å². The summed E-state index contributed by atoms with van der Waals surface area (Å²) in [5.41, 5.74) is 0. The molecule has 2 fully saturated rings. The molecule has 0 amide bonds. The predicted molar refractivity (Wildman–Crippen MR) is 75.9 cm³/mol. The van der Waals surface area contributed by atoms with Gasteiger partial charge in [-0.25, -0.2) is 4.98 Å². The molecule has 1 saturated heterocycles. The van der Waals surface area contributed by atoms with Gasteiger partial charge in [-0.05, 0) is 44.2 Å². The summed E-state index contributed by atoms with van der Waals surface area (Å²) in [5.74, 6) is 3.56. The standard InChI is InChI=1S/C15H26N4/c1-12-4-2-3-5-14(12)10-19-8-6-13(7-9-19)15-16-11-17-18-15/h11-14H,2-10H2,1H3,(H,16,17,18). The Balaban J connectivity index is 1.47. The molecular weight excluding hydrogens is 236 g/mol. The Morgan fingerprint density at radius 2 is 2.00 bits per heavy atom. The van der Waals surface area contributed by atoms with Crippen LogP contribution in [0.2, 0.25) is 0 Å². The molecule has 3 rings (SSSR count). The van der Waals surface area contributed by atoms with Crippen LogP contribution in [0.25, 0.3) is 0 Å². The molecule has 19 heavy (non-hydrogen) atoms. The maximum absolute atomic E-state index is 4.31. The van der Waals surface area contributed by atoms with E-state index in [0.717, 1.165) is 17.7 Å². The van der Waals surface area contributed by atoms with E-state index in [9.17, 15) is 0 Å². The minimum absolute atomic E-state index is 0.600. The van der Waals surface area contributed by atoms with Crippen LogP contribution in [0.1, 0.15) is 57.2 Å². The summed E-state index contributed by atoms with van der Waals surface area (Å²) >= 11 is 0. The molecule has 4 heteroatoms. The van der Waals surface area contributed by atoms with E-state index in [1.54, 1.807) is 6.33 Å². The highest BCUT2D eigenvalue weighted by atomic mass is 15.2. The monoisotopic (exact) mass is 262 g/mol. The highest BCUT2D eigenvalue weighted by molar-refractivity contribution is 4.96. The molecule has 0 radical (unpaired) electrons. The first kappa shape index (κ1) is 13.1. The molecule has 0 bridgehead atoms. The Kier molecular flexibility index (Phi) is 4.16. The van der Waals surface area contributed by atoms with E-state index in [2.05, 4.69) is 27.0 Å². The van der Waals surface area contributed by atoms with E-state index in [1.807, 2.05) is 0 Å². The zero-order chi connectivity index (χ0) is 13.1. The summed E-state index contributed by atoms with van der Waals surface area (Å²) in [6, 6.07) is 0. The highest BCUT2D eigenvalue weighted by Gasteiger charge is 2.27. The Morgan fingerprint density at radius 1 is 1.21 bits per heavy atom. The minimum Gasteiger partial charge on any atom is -0.303 e. The fraction of sp³-hybridized carbons (Fsp3) is 0.867. The number of aromatic amines is 1. The van der Waals surface area contributed by atoms with E-state index >= 15 is 0 Å². The quantitative estimate of drug-likeness (QED) is 0.911. The van der Waals surface area contributed by atoms with E-state index in [1.165, 1.54) is 58.2 Å². The third-order valence-electron chi connectivity index (χ3n) is 5.19. The van der Waals surface area contributed by atoms with Crippen molar-refractivity contribution in [2.45, 2.75) is 51.4 Å². The smallest absolute Gasteiger partial charge is 0.137 e. The van der Waals surface area contributed by atoms with E-state index < -0.39 is 0 Å². The average Bonchev–Trinajstić information content (AvgIpc) is 2.96. The van der Waals surface area contributed by atoms with Gasteiger partial charge in [0, 0.05) is 12.5 Å². The van der Waals surface area contributed by atoms with Crippen LogP contribution < -0.4 is 0 Å². The first-order chi connectivity index (χ1) is 9.33. The molecule has 0 spiro atoms. The van der Waals surface area contributed by atoms with Crippen molar-refractivity contribution in [3.63, 3.8) is 0 Å². The minimum atomic E-state index is 0.600. The van der Waals surface area contributed by atoms with Crippen LogP contribution in [0, 0.1) is 11.8 Å². The fourth-order valence-electron chi connectivity index (χ4n) is 3.80. The first-order valence-electron chi connectivity index (χ1n) is 7.90. The lowest BCUT2D eigenvalue weighted by molar-refractivity contribution is 0.134. The molecule has 0 aromatic carbocycles. The molecular formula is C15H26N4. The average molecular weight is 262 g/mol. The van der Waals surface area contributed by atoms with Crippen molar-refractivity contribution in [2.24, 2.45) is 11.8 Å². The molecule has 1 aliphatic heterocycles. The van der Waals surface area contributed by atoms with Gasteiger partial charge < -0.3 is 4.90 Å². The van der Waals surface area contributed by atoms with E-state index in [4.69, 9.17) is 0 Å². The zero-order valence-corrected chi connectivity index (χ0v) is 12.0. The van der Waals surface area contributed by atoms with Crippen LogP contribution in [0.4, 0.5) is 0 Å². The number of nitrogens with one attached hydrogen (secondary N) is 1. The summed E-state index contributed by atoms with van der Waals surface area (Å²) in [7, 11) is 0. The molecule has 106 valence electrons. The molecule has 1 aromatic heterocycles. The largest absolute Gasteiger partial charge is 0.303 e. The van der Waals surface area contributed by atoms with Gasteiger partial charge in [0.15, 0.2) is 0 Å². The van der Waals surface area contributed by atoms with Crippen LogP contribution in [-0.2, 0) is 0 Å². The molecule has 2 atom stereocenters. The van der Waals surface area contributed by atoms with Crippen molar-refractivity contribution in [2.75, 3.05) is 19.6 Å². The topological polar surface area (TPSA) is 44.8 Å². The van der Waals surface area contributed by atoms with Crippen LogP contribution in [-0.4, -0.2) is 39.7 Å².